The Labute approximate surface area is 161 Å². The van der Waals surface area contributed by atoms with Crippen LogP contribution in [0.5, 0.6) is 17.2 Å². The Balaban J connectivity index is 1.55. The Bertz CT molecular complexity index is 950. The Morgan fingerprint density at radius 1 is 0.857 bits per heavy atom. The zero-order valence-corrected chi connectivity index (χ0v) is 15.0. The largest absolute Gasteiger partial charge is 0.497 e. The van der Waals surface area contributed by atoms with Crippen LogP contribution >= 0.6 is 0 Å². The molecule has 0 spiro atoms. The maximum Gasteiger partial charge on any atom is 0.338 e. The summed E-state index contributed by atoms with van der Waals surface area (Å²) >= 11 is 0. The van der Waals surface area contributed by atoms with Crippen molar-refractivity contribution in [1.82, 2.24) is 0 Å². The van der Waals surface area contributed by atoms with Gasteiger partial charge in [-0.1, -0.05) is 12.1 Å². The van der Waals surface area contributed by atoms with Crippen molar-refractivity contribution in [2.75, 3.05) is 7.11 Å². The number of carbonyl (C=O) groups excluding carboxylic acids is 1. The van der Waals surface area contributed by atoms with Crippen molar-refractivity contribution in [3.05, 3.63) is 94.0 Å². The number of esters is 1. The van der Waals surface area contributed by atoms with Crippen molar-refractivity contribution in [2.45, 2.75) is 6.61 Å². The van der Waals surface area contributed by atoms with Gasteiger partial charge in [0.25, 0.3) is 5.69 Å². The number of rotatable bonds is 7. The molecule has 3 aromatic rings. The molecule has 142 valence electrons. The maximum absolute atomic E-state index is 12.1. The van der Waals surface area contributed by atoms with Gasteiger partial charge in [0.05, 0.1) is 17.6 Å². The van der Waals surface area contributed by atoms with Crippen molar-refractivity contribution in [2.24, 2.45) is 0 Å². The second kappa shape index (κ2) is 8.68. The van der Waals surface area contributed by atoms with Crippen LogP contribution < -0.4 is 9.47 Å². The van der Waals surface area contributed by atoms with Gasteiger partial charge in [-0.25, -0.2) is 4.79 Å². The van der Waals surface area contributed by atoms with Gasteiger partial charge in [0.2, 0.25) is 0 Å². The minimum Gasteiger partial charge on any atom is -0.497 e. The fraction of sp³-hybridized carbons (Fsp3) is 0.0952. The summed E-state index contributed by atoms with van der Waals surface area (Å²) in [6, 6.07) is 19.5. The number of nitro groups is 1. The van der Waals surface area contributed by atoms with Gasteiger partial charge < -0.3 is 14.2 Å². The van der Waals surface area contributed by atoms with Crippen LogP contribution in [0.3, 0.4) is 0 Å². The lowest BCUT2D eigenvalue weighted by Crippen LogP contribution is -2.05. The molecule has 0 fully saturated rings. The first-order valence-corrected chi connectivity index (χ1v) is 8.37. The number of nitrogens with zero attached hydrogens (tertiary/aromatic N) is 1. The lowest BCUT2D eigenvalue weighted by molar-refractivity contribution is -0.384. The van der Waals surface area contributed by atoms with E-state index in [2.05, 4.69) is 0 Å². The number of carbonyl (C=O) groups is 1. The molecular formula is C21H17NO6. The van der Waals surface area contributed by atoms with Gasteiger partial charge in [-0.15, -0.1) is 0 Å². The average Bonchev–Trinajstić information content (AvgIpc) is 2.73. The summed E-state index contributed by atoms with van der Waals surface area (Å²) in [5, 5.41) is 10.7. The Hall–Kier alpha value is -3.87. The predicted octanol–water partition coefficient (Wildman–Crippen LogP) is 4.75. The molecule has 0 bridgehead atoms. The van der Waals surface area contributed by atoms with Gasteiger partial charge in [-0.3, -0.25) is 10.1 Å². The van der Waals surface area contributed by atoms with Crippen LogP contribution in [0.2, 0.25) is 0 Å². The molecule has 0 N–H and O–H groups in total. The zero-order chi connectivity index (χ0) is 19.9. The number of benzene rings is 3. The molecule has 0 aromatic heterocycles. The number of hydrogen-bond donors (Lipinski definition) is 0. The Kier molecular flexibility index (Phi) is 5.86. The second-order valence-electron chi connectivity index (χ2n) is 5.80. The summed E-state index contributed by atoms with van der Waals surface area (Å²) in [6.45, 7) is 0.128. The molecular weight excluding hydrogens is 362 g/mol. The number of ether oxygens (including phenoxy) is 3. The monoisotopic (exact) mass is 379 g/mol. The van der Waals surface area contributed by atoms with Gasteiger partial charge in [-0.05, 0) is 54.1 Å². The summed E-state index contributed by atoms with van der Waals surface area (Å²) in [5.74, 6) is 1.30. The van der Waals surface area contributed by atoms with Crippen LogP contribution in [-0.4, -0.2) is 18.0 Å². The molecule has 3 aromatic carbocycles. The van der Waals surface area contributed by atoms with Gasteiger partial charge in [-0.2, -0.15) is 0 Å². The SMILES string of the molecule is COc1ccc(C(=O)OCc2ccc(Oc3ccc([N+](=O)[O-])cc3)cc2)cc1. The van der Waals surface area contributed by atoms with Gasteiger partial charge >= 0.3 is 5.97 Å². The standard InChI is InChI=1S/C21H17NO6/c1-26-18-10-4-16(5-11-18)21(23)27-14-15-2-8-19(9-3-15)28-20-12-6-17(7-13-20)22(24)25/h2-13H,14H2,1H3. The third-order valence-corrected chi connectivity index (χ3v) is 3.90. The topological polar surface area (TPSA) is 87.9 Å². The van der Waals surface area contributed by atoms with E-state index in [0.29, 0.717) is 22.8 Å². The van der Waals surface area contributed by atoms with Crippen LogP contribution in [0.15, 0.2) is 72.8 Å². The van der Waals surface area contributed by atoms with Gasteiger partial charge in [0.15, 0.2) is 0 Å². The highest BCUT2D eigenvalue weighted by molar-refractivity contribution is 5.89. The van der Waals surface area contributed by atoms with Crippen molar-refractivity contribution < 1.29 is 23.9 Å². The van der Waals surface area contributed by atoms with E-state index in [0.717, 1.165) is 5.56 Å². The predicted molar refractivity (Wildman–Crippen MR) is 102 cm³/mol. The fourth-order valence-electron chi connectivity index (χ4n) is 2.39. The van der Waals surface area contributed by atoms with Crippen LogP contribution in [0, 0.1) is 10.1 Å². The lowest BCUT2D eigenvalue weighted by atomic mass is 10.2. The molecule has 0 amide bonds. The molecule has 3 rings (SSSR count). The first-order valence-electron chi connectivity index (χ1n) is 8.37. The minimum atomic E-state index is -0.466. The molecule has 0 aliphatic carbocycles. The molecule has 0 atom stereocenters. The average molecular weight is 379 g/mol. The molecule has 7 nitrogen and oxygen atoms in total. The minimum absolute atomic E-state index is 0.00127. The van der Waals surface area contributed by atoms with E-state index in [1.54, 1.807) is 55.6 Å². The van der Waals surface area contributed by atoms with Crippen molar-refractivity contribution >= 4 is 11.7 Å². The smallest absolute Gasteiger partial charge is 0.338 e. The van der Waals surface area contributed by atoms with E-state index in [-0.39, 0.29) is 12.3 Å². The van der Waals surface area contributed by atoms with Crippen LogP contribution in [0.4, 0.5) is 5.69 Å². The molecule has 28 heavy (non-hydrogen) atoms. The number of non-ortho nitro benzene ring substituents is 1. The van der Waals surface area contributed by atoms with E-state index in [1.807, 2.05) is 0 Å². The summed E-state index contributed by atoms with van der Waals surface area (Å²) in [4.78, 5) is 22.3. The highest BCUT2D eigenvalue weighted by Gasteiger charge is 2.08. The summed E-state index contributed by atoms with van der Waals surface area (Å²) in [5.41, 5.74) is 1.25. The molecule has 0 aliphatic rings. The highest BCUT2D eigenvalue weighted by atomic mass is 16.6. The molecule has 7 heteroatoms. The van der Waals surface area contributed by atoms with Crippen LogP contribution in [0.1, 0.15) is 15.9 Å². The van der Waals surface area contributed by atoms with Crippen molar-refractivity contribution in [3.63, 3.8) is 0 Å². The number of nitro benzene ring substituents is 1. The first kappa shape index (κ1) is 18.9. The van der Waals surface area contributed by atoms with Crippen molar-refractivity contribution in [3.8, 4) is 17.2 Å². The van der Waals surface area contributed by atoms with Gasteiger partial charge in [0, 0.05) is 12.1 Å². The van der Waals surface area contributed by atoms with E-state index < -0.39 is 10.9 Å². The van der Waals surface area contributed by atoms with E-state index >= 15 is 0 Å². The molecule has 0 aliphatic heterocycles. The van der Waals surface area contributed by atoms with Crippen LogP contribution in [0.25, 0.3) is 0 Å². The summed E-state index contributed by atoms with van der Waals surface area (Å²) in [6.07, 6.45) is 0. The number of hydrogen-bond acceptors (Lipinski definition) is 6. The lowest BCUT2D eigenvalue weighted by Gasteiger charge is -2.08. The van der Waals surface area contributed by atoms with E-state index in [1.165, 1.54) is 24.3 Å². The first-order chi connectivity index (χ1) is 13.5. The third kappa shape index (κ3) is 4.85. The van der Waals surface area contributed by atoms with Gasteiger partial charge in [0.1, 0.15) is 23.9 Å². The number of methoxy groups -OCH3 is 1. The molecule has 0 saturated heterocycles. The third-order valence-electron chi connectivity index (χ3n) is 3.90. The van der Waals surface area contributed by atoms with E-state index in [4.69, 9.17) is 14.2 Å². The normalized spacial score (nSPS) is 10.2. The molecule has 0 saturated carbocycles. The maximum atomic E-state index is 12.1. The molecule has 0 heterocycles. The van der Waals surface area contributed by atoms with Crippen molar-refractivity contribution in [1.29, 1.82) is 0 Å². The van der Waals surface area contributed by atoms with E-state index in [9.17, 15) is 14.9 Å². The highest BCUT2D eigenvalue weighted by Crippen LogP contribution is 2.24. The fourth-order valence-corrected chi connectivity index (χ4v) is 2.39. The summed E-state index contributed by atoms with van der Waals surface area (Å²) in [7, 11) is 1.56. The van der Waals surface area contributed by atoms with Crippen LogP contribution in [-0.2, 0) is 11.3 Å². The summed E-state index contributed by atoms with van der Waals surface area (Å²) < 4.78 is 16.0. The Morgan fingerprint density at radius 3 is 1.93 bits per heavy atom. The molecule has 0 unspecified atom stereocenters. The zero-order valence-electron chi connectivity index (χ0n) is 15.0. The molecule has 0 radical (unpaired) electrons. The second-order valence-corrected chi connectivity index (χ2v) is 5.80. The quantitative estimate of drug-likeness (QED) is 0.334. The Morgan fingerprint density at radius 2 is 1.39 bits per heavy atom.